The molecule has 0 unspecified atom stereocenters. The highest BCUT2D eigenvalue weighted by atomic mass is 32.2. The van der Waals surface area contributed by atoms with E-state index in [0.717, 1.165) is 16.0 Å². The van der Waals surface area contributed by atoms with E-state index in [2.05, 4.69) is 5.32 Å². The molecular weight excluding hydrogens is 528 g/mol. The first kappa shape index (κ1) is 27.0. The number of hydrogen-bond donors (Lipinski definition) is 1. The Morgan fingerprint density at radius 3 is 2.32 bits per heavy atom. The summed E-state index contributed by atoms with van der Waals surface area (Å²) in [6.07, 6.45) is 1.46. The molecule has 0 aliphatic carbocycles. The van der Waals surface area contributed by atoms with Gasteiger partial charge in [-0.2, -0.15) is 8.42 Å². The smallest absolute Gasteiger partial charge is 0.339 e. The van der Waals surface area contributed by atoms with E-state index < -0.39 is 33.7 Å². The lowest BCUT2D eigenvalue weighted by Gasteiger charge is -2.13. The van der Waals surface area contributed by atoms with Gasteiger partial charge in [0.1, 0.15) is 11.4 Å². The lowest BCUT2D eigenvalue weighted by molar-refractivity contribution is -0.127. The van der Waals surface area contributed by atoms with Gasteiger partial charge >= 0.3 is 10.1 Å². The van der Waals surface area contributed by atoms with E-state index in [1.807, 2.05) is 19.9 Å². The first-order valence-corrected chi connectivity index (χ1v) is 13.6. The van der Waals surface area contributed by atoms with Crippen LogP contribution in [0.1, 0.15) is 16.7 Å². The third-order valence-electron chi connectivity index (χ3n) is 5.40. The molecule has 38 heavy (non-hydrogen) atoms. The maximum Gasteiger partial charge on any atom is 0.339 e. The number of aryl methyl sites for hydroxylation is 2. The van der Waals surface area contributed by atoms with Gasteiger partial charge in [-0.1, -0.05) is 30.3 Å². The Morgan fingerprint density at radius 1 is 0.974 bits per heavy atom. The van der Waals surface area contributed by atoms with Crippen molar-refractivity contribution in [2.45, 2.75) is 18.7 Å². The van der Waals surface area contributed by atoms with Crippen molar-refractivity contribution in [3.8, 4) is 11.5 Å². The number of rotatable bonds is 8. The van der Waals surface area contributed by atoms with Crippen LogP contribution in [-0.4, -0.2) is 44.0 Å². The highest BCUT2D eigenvalue weighted by molar-refractivity contribution is 8.18. The maximum absolute atomic E-state index is 12.9. The zero-order valence-corrected chi connectivity index (χ0v) is 22.4. The summed E-state index contributed by atoms with van der Waals surface area (Å²) in [4.78, 5) is 38.9. The summed E-state index contributed by atoms with van der Waals surface area (Å²) in [5, 5.41) is 2.14. The van der Waals surface area contributed by atoms with E-state index in [-0.39, 0.29) is 21.3 Å². The van der Waals surface area contributed by atoms with Crippen molar-refractivity contribution in [2.24, 2.45) is 0 Å². The third kappa shape index (κ3) is 6.24. The first-order valence-electron chi connectivity index (χ1n) is 11.4. The van der Waals surface area contributed by atoms with Gasteiger partial charge in [-0.05, 0) is 84.8 Å². The van der Waals surface area contributed by atoms with Crippen LogP contribution in [0.4, 0.5) is 10.5 Å². The summed E-state index contributed by atoms with van der Waals surface area (Å²) < 4.78 is 35.7. The second-order valence-electron chi connectivity index (χ2n) is 8.45. The van der Waals surface area contributed by atoms with Crippen LogP contribution in [0.15, 0.2) is 76.5 Å². The number of thioether (sulfide) groups is 1. The minimum atomic E-state index is -4.09. The van der Waals surface area contributed by atoms with Crippen LogP contribution in [0.25, 0.3) is 6.08 Å². The molecule has 0 spiro atoms. The second-order valence-corrected chi connectivity index (χ2v) is 11.0. The molecule has 0 saturated carbocycles. The Morgan fingerprint density at radius 2 is 1.66 bits per heavy atom. The molecule has 3 aromatic carbocycles. The Bertz CT molecular complexity index is 1530. The van der Waals surface area contributed by atoms with Gasteiger partial charge in [-0.15, -0.1) is 0 Å². The van der Waals surface area contributed by atoms with E-state index in [0.29, 0.717) is 23.0 Å². The molecule has 1 N–H and O–H groups in total. The monoisotopic (exact) mass is 552 g/mol. The summed E-state index contributed by atoms with van der Waals surface area (Å²) in [5.74, 6) is -1.03. The fourth-order valence-corrected chi connectivity index (χ4v) is 5.57. The van der Waals surface area contributed by atoms with Crippen LogP contribution in [0.5, 0.6) is 11.5 Å². The number of carbonyl (C=O) groups excluding carboxylic acids is 3. The predicted molar refractivity (Wildman–Crippen MR) is 144 cm³/mol. The average Bonchev–Trinajstić information content (AvgIpc) is 3.11. The van der Waals surface area contributed by atoms with Gasteiger partial charge in [0.2, 0.25) is 5.91 Å². The molecule has 0 radical (unpaired) electrons. The molecule has 4 rings (SSSR count). The molecule has 1 heterocycles. The molecule has 1 aliphatic heterocycles. The first-order chi connectivity index (χ1) is 18.1. The van der Waals surface area contributed by atoms with Crippen LogP contribution in [0.3, 0.4) is 0 Å². The molecular formula is C27H24N2O7S2. The van der Waals surface area contributed by atoms with Crippen LogP contribution >= 0.6 is 11.8 Å². The highest BCUT2D eigenvalue weighted by Gasteiger charge is 2.36. The van der Waals surface area contributed by atoms with E-state index in [1.165, 1.54) is 43.5 Å². The fraction of sp³-hybridized carbons (Fsp3) is 0.148. The third-order valence-corrected chi connectivity index (χ3v) is 7.55. The molecule has 0 bridgehead atoms. The molecule has 9 nitrogen and oxygen atoms in total. The average molecular weight is 553 g/mol. The number of anilines is 1. The lowest BCUT2D eigenvalue weighted by Crippen LogP contribution is -2.36. The fourth-order valence-electron chi connectivity index (χ4n) is 3.77. The molecule has 0 aromatic heterocycles. The molecule has 3 aromatic rings. The number of ether oxygens (including phenoxy) is 1. The number of amides is 3. The number of methoxy groups -OCH3 is 1. The largest absolute Gasteiger partial charge is 0.493 e. The zero-order chi connectivity index (χ0) is 27.4. The number of nitrogens with zero attached hydrogens (tertiary/aromatic N) is 1. The number of nitrogens with one attached hydrogen (secondary N) is 1. The van der Waals surface area contributed by atoms with Gasteiger partial charge in [0.25, 0.3) is 11.1 Å². The number of benzene rings is 3. The van der Waals surface area contributed by atoms with E-state index in [9.17, 15) is 22.8 Å². The Balaban J connectivity index is 1.48. The van der Waals surface area contributed by atoms with Gasteiger partial charge in [0, 0.05) is 5.69 Å². The minimum absolute atomic E-state index is 0.0126. The van der Waals surface area contributed by atoms with Gasteiger partial charge < -0.3 is 14.2 Å². The van der Waals surface area contributed by atoms with Crippen molar-refractivity contribution in [3.63, 3.8) is 0 Å². The van der Waals surface area contributed by atoms with Crippen molar-refractivity contribution in [1.29, 1.82) is 0 Å². The van der Waals surface area contributed by atoms with Crippen molar-refractivity contribution >= 4 is 50.7 Å². The molecule has 0 atom stereocenters. The van der Waals surface area contributed by atoms with Crippen LogP contribution < -0.4 is 14.2 Å². The summed E-state index contributed by atoms with van der Waals surface area (Å²) in [6, 6.07) is 17.6. The van der Waals surface area contributed by atoms with E-state index in [4.69, 9.17) is 8.92 Å². The van der Waals surface area contributed by atoms with E-state index in [1.54, 1.807) is 30.3 Å². The minimum Gasteiger partial charge on any atom is -0.493 e. The molecule has 3 amide bonds. The van der Waals surface area contributed by atoms with Crippen molar-refractivity contribution in [3.05, 3.63) is 88.3 Å². The standard InChI is InChI=1S/C27H24N2O7S2/c1-17-11-18(2)13-20(12-17)28-25(30)16-29-26(31)24(37-27(29)32)15-19-9-10-22(23(14-19)35-3)36-38(33,34)21-7-5-4-6-8-21/h4-15H,16H2,1-3H3,(H,28,30)/b24-15-. The van der Waals surface area contributed by atoms with Crippen LogP contribution in [-0.2, 0) is 19.7 Å². The molecule has 1 aliphatic rings. The summed E-state index contributed by atoms with van der Waals surface area (Å²) in [7, 11) is -2.74. The maximum atomic E-state index is 12.9. The van der Waals surface area contributed by atoms with Crippen molar-refractivity contribution in [1.82, 2.24) is 4.90 Å². The molecule has 11 heteroatoms. The summed E-state index contributed by atoms with van der Waals surface area (Å²) >= 11 is 0.705. The topological polar surface area (TPSA) is 119 Å². The number of carbonyl (C=O) groups is 3. The summed E-state index contributed by atoms with van der Waals surface area (Å²) in [5.41, 5.74) is 2.99. The van der Waals surface area contributed by atoms with Crippen molar-refractivity contribution in [2.75, 3.05) is 19.0 Å². The van der Waals surface area contributed by atoms with Crippen LogP contribution in [0.2, 0.25) is 0 Å². The lowest BCUT2D eigenvalue weighted by atomic mass is 10.1. The van der Waals surface area contributed by atoms with Gasteiger partial charge in [0.05, 0.1) is 12.0 Å². The Hall–Kier alpha value is -4.09. The molecule has 196 valence electrons. The number of hydrogen-bond acceptors (Lipinski definition) is 8. The Labute approximate surface area is 224 Å². The van der Waals surface area contributed by atoms with Gasteiger partial charge in [-0.25, -0.2) is 0 Å². The number of imide groups is 1. The van der Waals surface area contributed by atoms with Crippen molar-refractivity contribution < 1.29 is 31.7 Å². The predicted octanol–water partition coefficient (Wildman–Crippen LogP) is 4.75. The normalized spacial score (nSPS) is 14.6. The SMILES string of the molecule is COc1cc(/C=C2\SC(=O)N(CC(=O)Nc3cc(C)cc(C)c3)C2=O)ccc1OS(=O)(=O)c1ccccc1. The van der Waals surface area contributed by atoms with Crippen LogP contribution in [0, 0.1) is 13.8 Å². The van der Waals surface area contributed by atoms with Gasteiger partial charge in [0.15, 0.2) is 11.5 Å². The highest BCUT2D eigenvalue weighted by Crippen LogP contribution is 2.35. The van der Waals surface area contributed by atoms with E-state index >= 15 is 0 Å². The quantitative estimate of drug-likeness (QED) is 0.314. The second kappa shape index (κ2) is 11.1. The molecule has 1 fully saturated rings. The summed E-state index contributed by atoms with van der Waals surface area (Å²) in [6.45, 7) is 3.38. The Kier molecular flexibility index (Phi) is 7.88. The molecule has 1 saturated heterocycles. The van der Waals surface area contributed by atoms with Gasteiger partial charge in [-0.3, -0.25) is 19.3 Å². The zero-order valence-electron chi connectivity index (χ0n) is 20.8.